The van der Waals surface area contributed by atoms with Crippen LogP contribution in [-0.2, 0) is 13.1 Å². The quantitative estimate of drug-likeness (QED) is 0.681. The number of hydrogen-bond acceptors (Lipinski definition) is 5. The molecule has 0 amide bonds. The molecule has 0 unspecified atom stereocenters. The molecule has 1 N–H and O–H groups in total. The fourth-order valence-electron chi connectivity index (χ4n) is 2.93. The third-order valence-electron chi connectivity index (χ3n) is 4.18. The number of imidazole rings is 1. The van der Waals surface area contributed by atoms with E-state index < -0.39 is 0 Å². The van der Waals surface area contributed by atoms with Crippen LogP contribution in [0.2, 0.25) is 0 Å². The van der Waals surface area contributed by atoms with Gasteiger partial charge in [-0.2, -0.15) is 0 Å². The van der Waals surface area contributed by atoms with Crippen LogP contribution < -0.4 is 9.47 Å². The van der Waals surface area contributed by atoms with E-state index in [0.29, 0.717) is 19.6 Å². The lowest BCUT2D eigenvalue weighted by Gasteiger charge is -2.22. The molecule has 0 bridgehead atoms. The van der Waals surface area contributed by atoms with Crippen molar-refractivity contribution in [2.45, 2.75) is 13.1 Å². The predicted octanol–water partition coefficient (Wildman–Crippen LogP) is 2.35. The first-order valence-corrected chi connectivity index (χ1v) is 8.20. The molecule has 0 aliphatic heterocycles. The molecule has 0 saturated heterocycles. The number of rotatable bonds is 8. The predicted molar refractivity (Wildman–Crippen MR) is 95.9 cm³/mol. The Kier molecular flexibility index (Phi) is 5.53. The summed E-state index contributed by atoms with van der Waals surface area (Å²) in [5.41, 5.74) is 3.01. The molecule has 25 heavy (non-hydrogen) atoms. The fraction of sp³-hybridized carbons (Fsp3) is 0.316. The Morgan fingerprint density at radius 1 is 1.12 bits per heavy atom. The van der Waals surface area contributed by atoms with Gasteiger partial charge in [-0.1, -0.05) is 6.07 Å². The van der Waals surface area contributed by atoms with E-state index in [4.69, 9.17) is 9.47 Å². The van der Waals surface area contributed by atoms with E-state index in [1.165, 1.54) is 0 Å². The summed E-state index contributed by atoms with van der Waals surface area (Å²) >= 11 is 0. The van der Waals surface area contributed by atoms with Crippen LogP contribution in [0.25, 0.3) is 5.65 Å². The van der Waals surface area contributed by atoms with E-state index in [1.807, 2.05) is 48.8 Å². The zero-order chi connectivity index (χ0) is 17.6. The molecule has 0 atom stereocenters. The molecular weight excluding hydrogens is 318 g/mol. The van der Waals surface area contributed by atoms with Gasteiger partial charge in [-0.3, -0.25) is 4.90 Å². The zero-order valence-corrected chi connectivity index (χ0v) is 14.6. The van der Waals surface area contributed by atoms with Crippen LogP contribution >= 0.6 is 0 Å². The lowest BCUT2D eigenvalue weighted by Crippen LogP contribution is -2.27. The van der Waals surface area contributed by atoms with E-state index >= 15 is 0 Å². The highest BCUT2D eigenvalue weighted by Gasteiger charge is 2.13. The largest absolute Gasteiger partial charge is 0.497 e. The number of pyridine rings is 1. The topological polar surface area (TPSA) is 59.2 Å². The molecule has 0 aliphatic rings. The van der Waals surface area contributed by atoms with Crippen LogP contribution in [0.15, 0.2) is 48.8 Å². The van der Waals surface area contributed by atoms with Crippen LogP contribution in [0.1, 0.15) is 11.3 Å². The van der Waals surface area contributed by atoms with Gasteiger partial charge >= 0.3 is 0 Å². The Balaban J connectivity index is 1.84. The summed E-state index contributed by atoms with van der Waals surface area (Å²) in [6.45, 7) is 1.95. The van der Waals surface area contributed by atoms with Crippen molar-refractivity contribution in [3.8, 4) is 11.5 Å². The summed E-state index contributed by atoms with van der Waals surface area (Å²) in [7, 11) is 3.31. The highest BCUT2D eigenvalue weighted by atomic mass is 16.5. The van der Waals surface area contributed by atoms with E-state index in [-0.39, 0.29) is 6.61 Å². The van der Waals surface area contributed by atoms with Crippen molar-refractivity contribution in [1.82, 2.24) is 14.3 Å². The minimum absolute atomic E-state index is 0.0863. The standard InChI is InChI=1S/C19H23N3O3/c1-24-17-6-7-18(25-2)15(11-17)13-21(9-10-23)14-16-12-20-19-5-3-4-8-22(16)19/h3-8,11-12,23H,9-10,13-14H2,1-2H3. The molecule has 3 aromatic rings. The molecule has 0 aliphatic carbocycles. The number of aromatic nitrogens is 2. The smallest absolute Gasteiger partial charge is 0.136 e. The summed E-state index contributed by atoms with van der Waals surface area (Å²) < 4.78 is 12.9. The van der Waals surface area contributed by atoms with Gasteiger partial charge in [0, 0.05) is 31.4 Å². The summed E-state index contributed by atoms with van der Waals surface area (Å²) in [5.74, 6) is 1.59. The molecular formula is C19H23N3O3. The molecule has 2 aromatic heterocycles. The number of aliphatic hydroxyl groups excluding tert-OH is 1. The van der Waals surface area contributed by atoms with E-state index in [0.717, 1.165) is 28.4 Å². The van der Waals surface area contributed by atoms with Gasteiger partial charge in [0.25, 0.3) is 0 Å². The van der Waals surface area contributed by atoms with Gasteiger partial charge in [-0.25, -0.2) is 4.98 Å². The molecule has 0 spiro atoms. The van der Waals surface area contributed by atoms with Gasteiger partial charge in [-0.15, -0.1) is 0 Å². The molecule has 0 fully saturated rings. The summed E-state index contributed by atoms with van der Waals surface area (Å²) in [5, 5.41) is 9.46. The maximum Gasteiger partial charge on any atom is 0.136 e. The fourth-order valence-corrected chi connectivity index (χ4v) is 2.93. The van der Waals surface area contributed by atoms with Gasteiger partial charge < -0.3 is 19.0 Å². The van der Waals surface area contributed by atoms with Crippen LogP contribution in [0.3, 0.4) is 0 Å². The number of ether oxygens (including phenoxy) is 2. The van der Waals surface area contributed by atoms with Crippen molar-refractivity contribution < 1.29 is 14.6 Å². The Hall–Kier alpha value is -2.57. The molecule has 0 saturated carbocycles. The number of nitrogens with zero attached hydrogens (tertiary/aromatic N) is 3. The van der Waals surface area contributed by atoms with Crippen LogP contribution in [0.5, 0.6) is 11.5 Å². The summed E-state index contributed by atoms with van der Waals surface area (Å²) in [6, 6.07) is 11.7. The monoisotopic (exact) mass is 341 g/mol. The summed E-state index contributed by atoms with van der Waals surface area (Å²) in [6.07, 6.45) is 3.88. The van der Waals surface area contributed by atoms with Crippen molar-refractivity contribution in [3.05, 3.63) is 60.0 Å². The van der Waals surface area contributed by atoms with Crippen LogP contribution in [0.4, 0.5) is 0 Å². The van der Waals surface area contributed by atoms with Crippen LogP contribution in [-0.4, -0.2) is 46.8 Å². The van der Waals surface area contributed by atoms with Crippen LogP contribution in [0, 0.1) is 0 Å². The summed E-state index contributed by atoms with van der Waals surface area (Å²) in [4.78, 5) is 6.59. The van der Waals surface area contributed by atoms with Gasteiger partial charge in [0.1, 0.15) is 17.1 Å². The second kappa shape index (κ2) is 8.00. The SMILES string of the molecule is COc1ccc(OC)c(CN(CCO)Cc2cnc3ccccn23)c1. The van der Waals surface area contributed by atoms with E-state index in [1.54, 1.807) is 14.2 Å². The molecule has 6 heteroatoms. The lowest BCUT2D eigenvalue weighted by atomic mass is 10.1. The molecule has 6 nitrogen and oxygen atoms in total. The number of hydrogen-bond donors (Lipinski definition) is 1. The van der Waals surface area contributed by atoms with Crippen molar-refractivity contribution in [1.29, 1.82) is 0 Å². The number of methoxy groups -OCH3 is 2. The van der Waals surface area contributed by atoms with Crippen molar-refractivity contribution in [2.24, 2.45) is 0 Å². The minimum atomic E-state index is 0.0863. The highest BCUT2D eigenvalue weighted by molar-refractivity contribution is 5.41. The van der Waals surface area contributed by atoms with Gasteiger partial charge in [-0.05, 0) is 30.3 Å². The first kappa shape index (κ1) is 17.3. The average Bonchev–Trinajstić information content (AvgIpc) is 3.05. The Bertz CT molecular complexity index is 832. The number of benzene rings is 1. The molecule has 0 radical (unpaired) electrons. The highest BCUT2D eigenvalue weighted by Crippen LogP contribution is 2.25. The Morgan fingerprint density at radius 3 is 2.76 bits per heavy atom. The minimum Gasteiger partial charge on any atom is -0.497 e. The first-order valence-electron chi connectivity index (χ1n) is 8.20. The Morgan fingerprint density at radius 2 is 2.00 bits per heavy atom. The second-order valence-electron chi connectivity index (χ2n) is 5.79. The maximum absolute atomic E-state index is 9.46. The molecule has 3 rings (SSSR count). The third-order valence-corrected chi connectivity index (χ3v) is 4.18. The first-order chi connectivity index (χ1) is 12.2. The van der Waals surface area contributed by atoms with Gasteiger partial charge in [0.05, 0.1) is 32.7 Å². The van der Waals surface area contributed by atoms with Crippen molar-refractivity contribution in [3.63, 3.8) is 0 Å². The van der Waals surface area contributed by atoms with E-state index in [2.05, 4.69) is 14.3 Å². The zero-order valence-electron chi connectivity index (χ0n) is 14.6. The van der Waals surface area contributed by atoms with Crippen molar-refractivity contribution in [2.75, 3.05) is 27.4 Å². The number of fused-ring (bicyclic) bond motifs is 1. The average molecular weight is 341 g/mol. The molecule has 1 aromatic carbocycles. The Labute approximate surface area is 147 Å². The molecule has 2 heterocycles. The second-order valence-corrected chi connectivity index (χ2v) is 5.79. The van der Waals surface area contributed by atoms with Gasteiger partial charge in [0.2, 0.25) is 0 Å². The van der Waals surface area contributed by atoms with Crippen molar-refractivity contribution >= 4 is 5.65 Å². The molecule has 132 valence electrons. The van der Waals surface area contributed by atoms with E-state index in [9.17, 15) is 5.11 Å². The number of aliphatic hydroxyl groups is 1. The van der Waals surface area contributed by atoms with Gasteiger partial charge in [0.15, 0.2) is 0 Å². The third kappa shape index (κ3) is 3.92. The normalized spacial score (nSPS) is 11.2. The maximum atomic E-state index is 9.46. The lowest BCUT2D eigenvalue weighted by molar-refractivity contribution is 0.181.